The van der Waals surface area contributed by atoms with Crippen molar-refractivity contribution < 1.29 is 4.79 Å². The third kappa shape index (κ3) is 4.69. The molecular formula is C25H23N3OS. The molecule has 0 spiro atoms. The molecule has 4 rings (SSSR count). The van der Waals surface area contributed by atoms with Gasteiger partial charge in [-0.1, -0.05) is 91.5 Å². The highest BCUT2D eigenvalue weighted by Crippen LogP contribution is 2.25. The van der Waals surface area contributed by atoms with E-state index in [-0.39, 0.29) is 5.78 Å². The van der Waals surface area contributed by atoms with E-state index < -0.39 is 0 Å². The molecule has 4 nitrogen and oxygen atoms in total. The van der Waals surface area contributed by atoms with Gasteiger partial charge in [0.15, 0.2) is 10.9 Å². The van der Waals surface area contributed by atoms with Crippen LogP contribution in [-0.4, -0.2) is 26.3 Å². The Balaban J connectivity index is 1.63. The molecule has 0 unspecified atom stereocenters. The number of carbonyl (C=O) groups is 1. The number of aromatic nitrogens is 3. The fourth-order valence-electron chi connectivity index (χ4n) is 3.26. The van der Waals surface area contributed by atoms with E-state index in [2.05, 4.69) is 58.1 Å². The first kappa shape index (κ1) is 20.1. The molecule has 0 bridgehead atoms. The van der Waals surface area contributed by atoms with Crippen molar-refractivity contribution in [2.45, 2.75) is 24.9 Å². The Morgan fingerprint density at radius 3 is 2.17 bits per heavy atom. The van der Waals surface area contributed by atoms with Gasteiger partial charge in [-0.15, -0.1) is 10.2 Å². The van der Waals surface area contributed by atoms with Gasteiger partial charge < -0.3 is 0 Å². The number of benzene rings is 3. The fourth-order valence-corrected chi connectivity index (χ4v) is 4.13. The maximum atomic E-state index is 12.6. The van der Waals surface area contributed by atoms with E-state index in [0.717, 1.165) is 23.1 Å². The number of ketones is 1. The molecule has 0 aliphatic heterocycles. The number of rotatable bonds is 8. The molecule has 150 valence electrons. The van der Waals surface area contributed by atoms with Gasteiger partial charge in [0, 0.05) is 17.7 Å². The van der Waals surface area contributed by atoms with Crippen molar-refractivity contribution in [2.24, 2.45) is 0 Å². The Hall–Kier alpha value is -3.18. The van der Waals surface area contributed by atoms with Gasteiger partial charge in [-0.2, -0.15) is 0 Å². The lowest BCUT2D eigenvalue weighted by Crippen LogP contribution is -2.06. The summed E-state index contributed by atoms with van der Waals surface area (Å²) in [6.07, 6.45) is 1.67. The first-order valence-corrected chi connectivity index (χ1v) is 11.0. The molecule has 0 saturated carbocycles. The zero-order valence-corrected chi connectivity index (χ0v) is 17.7. The van der Waals surface area contributed by atoms with Gasteiger partial charge >= 0.3 is 0 Å². The Kier molecular flexibility index (Phi) is 6.40. The Labute approximate surface area is 181 Å². The zero-order chi connectivity index (χ0) is 20.8. The SMILES string of the molecule is CCc1ccc(-n2c(Cc3ccccc3)nnc2SCC(=O)c2ccccc2)cc1. The molecule has 30 heavy (non-hydrogen) atoms. The molecule has 5 heteroatoms. The van der Waals surface area contributed by atoms with Gasteiger partial charge in [0.05, 0.1) is 5.75 Å². The van der Waals surface area contributed by atoms with Crippen LogP contribution in [0.4, 0.5) is 0 Å². The summed E-state index contributed by atoms with van der Waals surface area (Å²) >= 11 is 1.43. The van der Waals surface area contributed by atoms with E-state index in [1.165, 1.54) is 22.9 Å². The summed E-state index contributed by atoms with van der Waals surface area (Å²) in [5.74, 6) is 1.27. The minimum atomic E-state index is 0.0843. The van der Waals surface area contributed by atoms with Crippen LogP contribution < -0.4 is 0 Å². The van der Waals surface area contributed by atoms with Crippen molar-refractivity contribution in [3.05, 3.63) is 107 Å². The monoisotopic (exact) mass is 413 g/mol. The van der Waals surface area contributed by atoms with Gasteiger partial charge in [0.1, 0.15) is 5.82 Å². The lowest BCUT2D eigenvalue weighted by atomic mass is 10.1. The highest BCUT2D eigenvalue weighted by atomic mass is 32.2. The summed E-state index contributed by atoms with van der Waals surface area (Å²) < 4.78 is 2.06. The lowest BCUT2D eigenvalue weighted by Gasteiger charge is -2.11. The first-order chi connectivity index (χ1) is 14.7. The van der Waals surface area contributed by atoms with E-state index in [0.29, 0.717) is 17.7 Å². The highest BCUT2D eigenvalue weighted by molar-refractivity contribution is 7.99. The van der Waals surface area contributed by atoms with Crippen molar-refractivity contribution in [1.82, 2.24) is 14.8 Å². The summed E-state index contributed by atoms with van der Waals surface area (Å²) in [4.78, 5) is 12.6. The number of thioether (sulfide) groups is 1. The molecule has 0 amide bonds. The summed E-state index contributed by atoms with van der Waals surface area (Å²) in [6.45, 7) is 2.14. The van der Waals surface area contributed by atoms with Crippen molar-refractivity contribution in [1.29, 1.82) is 0 Å². The quantitative estimate of drug-likeness (QED) is 0.287. The van der Waals surface area contributed by atoms with Crippen LogP contribution in [0.15, 0.2) is 90.1 Å². The van der Waals surface area contributed by atoms with E-state index >= 15 is 0 Å². The predicted molar refractivity (Wildman–Crippen MR) is 121 cm³/mol. The van der Waals surface area contributed by atoms with Crippen molar-refractivity contribution in [3.8, 4) is 5.69 Å². The number of hydrogen-bond donors (Lipinski definition) is 0. The molecule has 0 aliphatic carbocycles. The first-order valence-electron chi connectivity index (χ1n) is 10.0. The molecule has 0 N–H and O–H groups in total. The van der Waals surface area contributed by atoms with Gasteiger partial charge in [-0.3, -0.25) is 9.36 Å². The van der Waals surface area contributed by atoms with Gasteiger partial charge in [0.25, 0.3) is 0 Å². The zero-order valence-electron chi connectivity index (χ0n) is 16.9. The minimum Gasteiger partial charge on any atom is -0.293 e. The van der Waals surface area contributed by atoms with Crippen LogP contribution in [0.3, 0.4) is 0 Å². The molecule has 0 saturated heterocycles. The molecular weight excluding hydrogens is 390 g/mol. The molecule has 0 fully saturated rings. The second kappa shape index (κ2) is 9.55. The Bertz CT molecular complexity index is 1110. The fraction of sp³-hybridized carbons (Fsp3) is 0.160. The van der Waals surface area contributed by atoms with Crippen molar-refractivity contribution >= 4 is 17.5 Å². The number of Topliss-reactive ketones (excluding diaryl/α,β-unsaturated/α-hetero) is 1. The van der Waals surface area contributed by atoms with Gasteiger partial charge in [0.2, 0.25) is 0 Å². The second-order valence-corrected chi connectivity index (χ2v) is 7.94. The Morgan fingerprint density at radius 1 is 0.833 bits per heavy atom. The van der Waals surface area contributed by atoms with E-state index in [4.69, 9.17) is 0 Å². The average Bonchev–Trinajstić information content (AvgIpc) is 3.21. The predicted octanol–water partition coefficient (Wildman–Crippen LogP) is 5.40. The summed E-state index contributed by atoms with van der Waals surface area (Å²) in [5, 5.41) is 9.61. The average molecular weight is 414 g/mol. The lowest BCUT2D eigenvalue weighted by molar-refractivity contribution is 0.102. The minimum absolute atomic E-state index is 0.0843. The van der Waals surface area contributed by atoms with Crippen LogP contribution in [0.1, 0.15) is 34.2 Å². The molecule has 4 aromatic rings. The van der Waals surface area contributed by atoms with Crippen LogP contribution in [0.5, 0.6) is 0 Å². The second-order valence-electron chi connectivity index (χ2n) is 6.99. The number of hydrogen-bond acceptors (Lipinski definition) is 4. The summed E-state index contributed by atoms with van der Waals surface area (Å²) in [7, 11) is 0. The number of nitrogens with zero attached hydrogens (tertiary/aromatic N) is 3. The molecule has 0 atom stereocenters. The third-order valence-corrected chi connectivity index (χ3v) is 5.87. The van der Waals surface area contributed by atoms with Crippen LogP contribution in [-0.2, 0) is 12.8 Å². The third-order valence-electron chi connectivity index (χ3n) is 4.94. The number of aryl methyl sites for hydroxylation is 1. The topological polar surface area (TPSA) is 47.8 Å². The van der Waals surface area contributed by atoms with E-state index in [1.54, 1.807) is 0 Å². The number of carbonyl (C=O) groups excluding carboxylic acids is 1. The molecule has 1 aromatic heterocycles. The van der Waals surface area contributed by atoms with Crippen molar-refractivity contribution in [2.75, 3.05) is 5.75 Å². The molecule has 1 heterocycles. The van der Waals surface area contributed by atoms with Gasteiger partial charge in [-0.25, -0.2) is 0 Å². The summed E-state index contributed by atoms with van der Waals surface area (Å²) in [5.41, 5.74) is 4.18. The van der Waals surface area contributed by atoms with E-state index in [1.807, 2.05) is 48.5 Å². The van der Waals surface area contributed by atoms with Crippen LogP contribution in [0.25, 0.3) is 5.69 Å². The largest absolute Gasteiger partial charge is 0.293 e. The molecule has 0 radical (unpaired) electrons. The molecule has 3 aromatic carbocycles. The smallest absolute Gasteiger partial charge is 0.196 e. The maximum absolute atomic E-state index is 12.6. The molecule has 0 aliphatic rings. The van der Waals surface area contributed by atoms with E-state index in [9.17, 15) is 4.79 Å². The summed E-state index contributed by atoms with van der Waals surface area (Å²) in [6, 6.07) is 28.1. The van der Waals surface area contributed by atoms with Crippen molar-refractivity contribution in [3.63, 3.8) is 0 Å². The van der Waals surface area contributed by atoms with Crippen LogP contribution >= 0.6 is 11.8 Å². The Morgan fingerprint density at radius 2 is 1.50 bits per heavy atom. The van der Waals surface area contributed by atoms with Gasteiger partial charge in [-0.05, 0) is 29.7 Å². The normalized spacial score (nSPS) is 10.8. The standard InChI is InChI=1S/C25H23N3OS/c1-2-19-13-15-22(16-14-19)28-24(17-20-9-5-3-6-10-20)26-27-25(28)30-18-23(29)21-11-7-4-8-12-21/h3-16H,2,17-18H2,1H3. The maximum Gasteiger partial charge on any atom is 0.196 e. The van der Waals surface area contributed by atoms with Crippen LogP contribution in [0.2, 0.25) is 0 Å². The van der Waals surface area contributed by atoms with Crippen LogP contribution in [0, 0.1) is 0 Å². The highest BCUT2D eigenvalue weighted by Gasteiger charge is 2.17.